The summed E-state index contributed by atoms with van der Waals surface area (Å²) in [7, 11) is 0. The lowest BCUT2D eigenvalue weighted by molar-refractivity contribution is 0.185. The van der Waals surface area contributed by atoms with E-state index in [9.17, 15) is 0 Å². The molecule has 2 saturated heterocycles. The van der Waals surface area contributed by atoms with Crippen LogP contribution in [0.15, 0.2) is 10.6 Å². The molecule has 0 amide bonds. The Morgan fingerprint density at radius 3 is 3.12 bits per heavy atom. The molecule has 2 atom stereocenters. The second-order valence-corrected chi connectivity index (χ2v) is 5.32. The molecule has 1 N–H and O–H groups in total. The van der Waals surface area contributed by atoms with Crippen LogP contribution in [0.5, 0.6) is 0 Å². The topological polar surface area (TPSA) is 41.3 Å². The Hall–Kier alpha value is -0.870. The molecule has 1 aromatic rings. The summed E-state index contributed by atoms with van der Waals surface area (Å²) in [6.07, 6.45) is 5.30. The van der Waals surface area contributed by atoms with Crippen LogP contribution in [0.2, 0.25) is 0 Å². The number of hydrogen-bond acceptors (Lipinski definition) is 4. The van der Waals surface area contributed by atoms with E-state index in [1.807, 2.05) is 6.92 Å². The maximum atomic E-state index is 5.33. The second-order valence-electron chi connectivity index (χ2n) is 5.32. The van der Waals surface area contributed by atoms with E-state index in [1.165, 1.54) is 38.8 Å². The number of rotatable bonds is 3. The van der Waals surface area contributed by atoms with E-state index in [2.05, 4.69) is 21.4 Å². The standard InChI is InChI=1S/C13H21N3O/c1-10-8-11(17-15-10)9-16-7-3-5-13(16)12-4-2-6-14-12/h8,12-14H,2-7,9H2,1H3. The molecule has 0 aromatic carbocycles. The van der Waals surface area contributed by atoms with E-state index in [1.54, 1.807) is 0 Å². The minimum absolute atomic E-state index is 0.696. The van der Waals surface area contributed by atoms with Crippen LogP contribution in [0.3, 0.4) is 0 Å². The highest BCUT2D eigenvalue weighted by Gasteiger charge is 2.33. The molecule has 4 heteroatoms. The predicted octanol–water partition coefficient (Wildman–Crippen LogP) is 1.70. The molecule has 0 bridgehead atoms. The van der Waals surface area contributed by atoms with Gasteiger partial charge in [-0.25, -0.2) is 0 Å². The smallest absolute Gasteiger partial charge is 0.150 e. The summed E-state index contributed by atoms with van der Waals surface area (Å²) >= 11 is 0. The fraction of sp³-hybridized carbons (Fsp3) is 0.769. The fourth-order valence-corrected chi connectivity index (χ4v) is 3.23. The van der Waals surface area contributed by atoms with E-state index in [4.69, 9.17) is 4.52 Å². The maximum absolute atomic E-state index is 5.33. The van der Waals surface area contributed by atoms with Gasteiger partial charge in [-0.2, -0.15) is 0 Å². The van der Waals surface area contributed by atoms with Gasteiger partial charge in [-0.1, -0.05) is 5.16 Å². The molecule has 94 valence electrons. The third-order valence-corrected chi connectivity index (χ3v) is 4.01. The molecule has 4 nitrogen and oxygen atoms in total. The largest absolute Gasteiger partial charge is 0.360 e. The molecule has 3 heterocycles. The van der Waals surface area contributed by atoms with Gasteiger partial charge in [0, 0.05) is 18.2 Å². The number of aromatic nitrogens is 1. The van der Waals surface area contributed by atoms with Gasteiger partial charge in [0.1, 0.15) is 0 Å². The van der Waals surface area contributed by atoms with Crippen molar-refractivity contribution in [1.82, 2.24) is 15.4 Å². The molecule has 1 aromatic heterocycles. The van der Waals surface area contributed by atoms with Crippen LogP contribution < -0.4 is 5.32 Å². The highest BCUT2D eigenvalue weighted by Crippen LogP contribution is 2.26. The van der Waals surface area contributed by atoms with Crippen LogP contribution in [0.25, 0.3) is 0 Å². The van der Waals surface area contributed by atoms with Crippen molar-refractivity contribution in [1.29, 1.82) is 0 Å². The van der Waals surface area contributed by atoms with Crippen molar-refractivity contribution in [2.45, 2.75) is 51.2 Å². The van der Waals surface area contributed by atoms with Crippen LogP contribution in [0, 0.1) is 6.92 Å². The molecule has 2 fully saturated rings. The predicted molar refractivity (Wildman–Crippen MR) is 65.7 cm³/mol. The van der Waals surface area contributed by atoms with Gasteiger partial charge in [-0.3, -0.25) is 4.90 Å². The molecule has 0 spiro atoms. The van der Waals surface area contributed by atoms with E-state index in [0.29, 0.717) is 12.1 Å². The van der Waals surface area contributed by atoms with Crippen molar-refractivity contribution >= 4 is 0 Å². The van der Waals surface area contributed by atoms with Gasteiger partial charge >= 0.3 is 0 Å². The Morgan fingerprint density at radius 2 is 2.41 bits per heavy atom. The summed E-state index contributed by atoms with van der Waals surface area (Å²) < 4.78 is 5.33. The highest BCUT2D eigenvalue weighted by molar-refractivity contribution is 5.04. The number of likely N-dealkylation sites (tertiary alicyclic amines) is 1. The van der Waals surface area contributed by atoms with Gasteiger partial charge in [0.2, 0.25) is 0 Å². The quantitative estimate of drug-likeness (QED) is 0.866. The monoisotopic (exact) mass is 235 g/mol. The average molecular weight is 235 g/mol. The first kappa shape index (κ1) is 11.2. The van der Waals surface area contributed by atoms with Gasteiger partial charge in [0.05, 0.1) is 12.2 Å². The lowest BCUT2D eigenvalue weighted by Gasteiger charge is -2.28. The van der Waals surface area contributed by atoms with E-state index < -0.39 is 0 Å². The Balaban J connectivity index is 1.65. The third kappa shape index (κ3) is 2.38. The highest BCUT2D eigenvalue weighted by atomic mass is 16.5. The summed E-state index contributed by atoms with van der Waals surface area (Å²) in [6, 6.07) is 3.45. The van der Waals surface area contributed by atoms with Crippen LogP contribution >= 0.6 is 0 Å². The molecular formula is C13H21N3O. The molecule has 0 saturated carbocycles. The molecule has 0 aliphatic carbocycles. The summed E-state index contributed by atoms with van der Waals surface area (Å²) in [5, 5.41) is 7.60. The maximum Gasteiger partial charge on any atom is 0.150 e. The number of nitrogens with one attached hydrogen (secondary N) is 1. The Labute approximate surface area is 102 Å². The number of aryl methyl sites for hydroxylation is 1. The Bertz CT molecular complexity index is 370. The normalized spacial score (nSPS) is 30.2. The van der Waals surface area contributed by atoms with E-state index in [0.717, 1.165) is 18.0 Å². The number of hydrogen-bond donors (Lipinski definition) is 1. The molecule has 3 rings (SSSR count). The van der Waals surface area contributed by atoms with Crippen molar-refractivity contribution in [2.75, 3.05) is 13.1 Å². The van der Waals surface area contributed by atoms with Crippen molar-refractivity contribution in [3.05, 3.63) is 17.5 Å². The van der Waals surface area contributed by atoms with Gasteiger partial charge in [0.25, 0.3) is 0 Å². The van der Waals surface area contributed by atoms with Gasteiger partial charge < -0.3 is 9.84 Å². The van der Waals surface area contributed by atoms with Crippen molar-refractivity contribution in [3.8, 4) is 0 Å². The summed E-state index contributed by atoms with van der Waals surface area (Å²) in [4.78, 5) is 2.56. The Kier molecular flexibility index (Phi) is 3.16. The Morgan fingerprint density at radius 1 is 1.47 bits per heavy atom. The summed E-state index contributed by atoms with van der Waals surface area (Å²) in [5.41, 5.74) is 0.981. The summed E-state index contributed by atoms with van der Waals surface area (Å²) in [6.45, 7) is 5.29. The zero-order chi connectivity index (χ0) is 11.7. The van der Waals surface area contributed by atoms with Crippen LogP contribution in [0.4, 0.5) is 0 Å². The fourth-order valence-electron chi connectivity index (χ4n) is 3.23. The van der Waals surface area contributed by atoms with Gasteiger partial charge in [0.15, 0.2) is 5.76 Å². The zero-order valence-electron chi connectivity index (χ0n) is 10.5. The molecule has 2 unspecified atom stereocenters. The van der Waals surface area contributed by atoms with E-state index in [-0.39, 0.29) is 0 Å². The number of nitrogens with zero attached hydrogens (tertiary/aromatic N) is 2. The SMILES string of the molecule is Cc1cc(CN2CCCC2C2CCCN2)on1. The second kappa shape index (κ2) is 4.78. The molecule has 17 heavy (non-hydrogen) atoms. The van der Waals surface area contributed by atoms with Crippen molar-refractivity contribution in [2.24, 2.45) is 0 Å². The molecule has 0 radical (unpaired) electrons. The molecule has 2 aliphatic rings. The van der Waals surface area contributed by atoms with Crippen molar-refractivity contribution < 1.29 is 4.52 Å². The lowest BCUT2D eigenvalue weighted by Crippen LogP contribution is -2.43. The average Bonchev–Trinajstić information content (AvgIpc) is 3.00. The molecule has 2 aliphatic heterocycles. The first-order chi connectivity index (χ1) is 8.33. The minimum Gasteiger partial charge on any atom is -0.360 e. The first-order valence-corrected chi connectivity index (χ1v) is 6.72. The first-order valence-electron chi connectivity index (χ1n) is 6.72. The minimum atomic E-state index is 0.696. The van der Waals surface area contributed by atoms with Crippen molar-refractivity contribution in [3.63, 3.8) is 0 Å². The van der Waals surface area contributed by atoms with Crippen LogP contribution in [-0.2, 0) is 6.54 Å². The van der Waals surface area contributed by atoms with Crippen LogP contribution in [0.1, 0.15) is 37.1 Å². The summed E-state index contributed by atoms with van der Waals surface area (Å²) in [5.74, 6) is 1.01. The van der Waals surface area contributed by atoms with Gasteiger partial charge in [-0.15, -0.1) is 0 Å². The van der Waals surface area contributed by atoms with Gasteiger partial charge in [-0.05, 0) is 45.7 Å². The lowest BCUT2D eigenvalue weighted by atomic mass is 10.0. The van der Waals surface area contributed by atoms with E-state index >= 15 is 0 Å². The van der Waals surface area contributed by atoms with Crippen LogP contribution in [-0.4, -0.2) is 35.2 Å². The zero-order valence-corrected chi connectivity index (χ0v) is 10.5. The molecular weight excluding hydrogens is 214 g/mol. The third-order valence-electron chi connectivity index (χ3n) is 4.01.